The van der Waals surface area contributed by atoms with Crippen molar-refractivity contribution in [2.45, 2.75) is 13.5 Å². The Bertz CT molecular complexity index is 972. The highest BCUT2D eigenvalue weighted by atomic mass is 35.5. The predicted octanol–water partition coefficient (Wildman–Crippen LogP) is 3.94. The van der Waals surface area contributed by atoms with Gasteiger partial charge in [-0.3, -0.25) is 4.79 Å². The van der Waals surface area contributed by atoms with E-state index in [1.54, 1.807) is 32.2 Å². The number of oxazole rings is 1. The second kappa shape index (κ2) is 7.53. The summed E-state index contributed by atoms with van der Waals surface area (Å²) < 4.78 is 11.4. The zero-order chi connectivity index (χ0) is 18.8. The number of anilines is 1. The van der Waals surface area contributed by atoms with Crippen LogP contribution in [0.25, 0.3) is 11.1 Å². The van der Waals surface area contributed by atoms with Gasteiger partial charge in [-0.2, -0.15) is 0 Å². The molecule has 2 N–H and O–H groups in total. The molecule has 0 aliphatic heterocycles. The van der Waals surface area contributed by atoms with Crippen LogP contribution in [0.1, 0.15) is 11.5 Å². The minimum atomic E-state index is -0.260. The van der Waals surface area contributed by atoms with Crippen LogP contribution >= 0.6 is 23.2 Å². The highest BCUT2D eigenvalue weighted by Crippen LogP contribution is 2.35. The number of nitrogens with two attached hydrogens (primary N) is 1. The van der Waals surface area contributed by atoms with Crippen LogP contribution in [-0.2, 0) is 11.4 Å². The number of carbonyl (C=O) groups excluding carboxylic acids is 1. The first-order valence-electron chi connectivity index (χ1n) is 7.84. The zero-order valence-corrected chi connectivity index (χ0v) is 15.8. The number of hydrogen-bond donors (Lipinski definition) is 1. The molecule has 1 heterocycles. The van der Waals surface area contributed by atoms with Crippen LogP contribution < -0.4 is 15.4 Å². The fourth-order valence-electron chi connectivity index (χ4n) is 2.55. The predicted molar refractivity (Wildman–Crippen MR) is 102 cm³/mol. The molecule has 0 spiro atoms. The number of hydrogen-bond acceptors (Lipinski definition) is 5. The van der Waals surface area contributed by atoms with E-state index in [1.807, 2.05) is 12.1 Å². The molecule has 136 valence electrons. The summed E-state index contributed by atoms with van der Waals surface area (Å²) in [5.74, 6) is 0.850. The molecule has 0 aliphatic carbocycles. The van der Waals surface area contributed by atoms with E-state index >= 15 is 0 Å². The molecular formula is C18H17Cl2N3O3. The molecule has 3 rings (SSSR count). The van der Waals surface area contributed by atoms with Crippen molar-refractivity contribution in [3.05, 3.63) is 51.8 Å². The Morgan fingerprint density at radius 3 is 2.81 bits per heavy atom. The standard InChI is InChI=1S/C18H17Cl2N3O3/c1-10-22-18-14(4-3-5-15(18)26-10)25-9-11-12(19)6-7-13(17(11)20)23(2)16(24)8-21/h3-7H,8-9,21H2,1-2H3. The summed E-state index contributed by atoms with van der Waals surface area (Å²) in [4.78, 5) is 17.6. The van der Waals surface area contributed by atoms with Crippen molar-refractivity contribution in [2.75, 3.05) is 18.5 Å². The van der Waals surface area contributed by atoms with Crippen LogP contribution in [0.2, 0.25) is 10.0 Å². The summed E-state index contributed by atoms with van der Waals surface area (Å²) in [7, 11) is 1.61. The minimum Gasteiger partial charge on any atom is -0.486 e. The maximum atomic E-state index is 11.8. The van der Waals surface area contributed by atoms with Crippen molar-refractivity contribution in [3.8, 4) is 5.75 Å². The number of aryl methyl sites for hydroxylation is 1. The van der Waals surface area contributed by atoms with Crippen molar-refractivity contribution in [1.82, 2.24) is 4.98 Å². The van der Waals surface area contributed by atoms with Gasteiger partial charge in [-0.25, -0.2) is 4.98 Å². The number of para-hydroxylation sites is 1. The van der Waals surface area contributed by atoms with Gasteiger partial charge in [0, 0.05) is 24.6 Å². The van der Waals surface area contributed by atoms with Crippen LogP contribution in [0, 0.1) is 6.92 Å². The van der Waals surface area contributed by atoms with Crippen molar-refractivity contribution < 1.29 is 13.9 Å². The van der Waals surface area contributed by atoms with Crippen LogP contribution in [0.15, 0.2) is 34.7 Å². The number of amides is 1. The van der Waals surface area contributed by atoms with E-state index in [2.05, 4.69) is 4.98 Å². The molecule has 0 bridgehead atoms. The number of fused-ring (bicyclic) bond motifs is 1. The number of nitrogens with zero attached hydrogens (tertiary/aromatic N) is 2. The van der Waals surface area contributed by atoms with Gasteiger partial charge in [0.05, 0.1) is 17.3 Å². The molecule has 26 heavy (non-hydrogen) atoms. The molecule has 3 aromatic rings. The van der Waals surface area contributed by atoms with Crippen LogP contribution in [0.4, 0.5) is 5.69 Å². The Hall–Kier alpha value is -2.28. The Kier molecular flexibility index (Phi) is 5.36. The summed E-state index contributed by atoms with van der Waals surface area (Å²) >= 11 is 12.7. The quantitative estimate of drug-likeness (QED) is 0.709. The van der Waals surface area contributed by atoms with Crippen molar-refractivity contribution in [2.24, 2.45) is 5.73 Å². The van der Waals surface area contributed by atoms with E-state index < -0.39 is 0 Å². The van der Waals surface area contributed by atoms with Gasteiger partial charge in [0.1, 0.15) is 12.4 Å². The van der Waals surface area contributed by atoms with Gasteiger partial charge in [0.25, 0.3) is 0 Å². The summed E-state index contributed by atoms with van der Waals surface area (Å²) in [5, 5.41) is 0.779. The average Bonchev–Trinajstić information content (AvgIpc) is 3.01. The highest BCUT2D eigenvalue weighted by molar-refractivity contribution is 6.38. The Balaban J connectivity index is 1.91. The van der Waals surface area contributed by atoms with Crippen LogP contribution in [0.3, 0.4) is 0 Å². The molecule has 0 atom stereocenters. The van der Waals surface area contributed by atoms with E-state index in [-0.39, 0.29) is 19.1 Å². The summed E-state index contributed by atoms with van der Waals surface area (Å²) in [5.41, 5.74) is 7.77. The third kappa shape index (κ3) is 3.49. The third-order valence-electron chi connectivity index (χ3n) is 3.94. The molecule has 0 saturated heterocycles. The molecule has 0 unspecified atom stereocenters. The number of carbonyl (C=O) groups is 1. The second-order valence-corrected chi connectivity index (χ2v) is 6.43. The van der Waals surface area contributed by atoms with Crippen molar-refractivity contribution in [1.29, 1.82) is 0 Å². The SMILES string of the molecule is Cc1nc2c(OCc3c(Cl)ccc(N(C)C(=O)CN)c3Cl)cccc2o1. The van der Waals surface area contributed by atoms with Gasteiger partial charge in [-0.15, -0.1) is 0 Å². The molecular weight excluding hydrogens is 377 g/mol. The third-order valence-corrected chi connectivity index (χ3v) is 4.71. The molecule has 0 fully saturated rings. The summed E-state index contributed by atoms with van der Waals surface area (Å²) in [6.45, 7) is 1.77. The fraction of sp³-hybridized carbons (Fsp3) is 0.222. The number of likely N-dealkylation sites (N-methyl/N-ethyl adjacent to an activating group) is 1. The lowest BCUT2D eigenvalue weighted by Crippen LogP contribution is -2.32. The van der Waals surface area contributed by atoms with Gasteiger partial charge in [0.15, 0.2) is 17.0 Å². The number of rotatable bonds is 5. The number of ether oxygens (including phenoxy) is 1. The number of aromatic nitrogens is 1. The molecule has 1 aromatic heterocycles. The lowest BCUT2D eigenvalue weighted by molar-refractivity contribution is -0.117. The largest absolute Gasteiger partial charge is 0.486 e. The number of halogens is 2. The first-order chi connectivity index (χ1) is 12.4. The summed E-state index contributed by atoms with van der Waals surface area (Å²) in [6.07, 6.45) is 0. The molecule has 0 saturated carbocycles. The Morgan fingerprint density at radius 1 is 1.31 bits per heavy atom. The van der Waals surface area contributed by atoms with Crippen molar-refractivity contribution in [3.63, 3.8) is 0 Å². The topological polar surface area (TPSA) is 81.6 Å². The van der Waals surface area contributed by atoms with Gasteiger partial charge >= 0.3 is 0 Å². The van der Waals surface area contributed by atoms with Gasteiger partial charge < -0.3 is 19.8 Å². The van der Waals surface area contributed by atoms with Gasteiger partial charge in [-0.1, -0.05) is 29.3 Å². The molecule has 0 aliphatic rings. The highest BCUT2D eigenvalue weighted by Gasteiger charge is 2.18. The molecule has 0 radical (unpaired) electrons. The normalized spacial score (nSPS) is 11.0. The van der Waals surface area contributed by atoms with Crippen LogP contribution in [0.5, 0.6) is 5.75 Å². The Labute approximate surface area is 160 Å². The maximum absolute atomic E-state index is 11.8. The van der Waals surface area contributed by atoms with E-state index in [1.165, 1.54) is 4.90 Å². The molecule has 6 nitrogen and oxygen atoms in total. The number of benzene rings is 2. The lowest BCUT2D eigenvalue weighted by atomic mass is 10.2. The van der Waals surface area contributed by atoms with Crippen LogP contribution in [-0.4, -0.2) is 24.5 Å². The van der Waals surface area contributed by atoms with E-state index in [9.17, 15) is 4.79 Å². The second-order valence-electron chi connectivity index (χ2n) is 5.64. The van der Waals surface area contributed by atoms with Crippen molar-refractivity contribution >= 4 is 45.9 Å². The monoisotopic (exact) mass is 393 g/mol. The molecule has 2 aromatic carbocycles. The Morgan fingerprint density at radius 2 is 2.08 bits per heavy atom. The minimum absolute atomic E-state index is 0.112. The lowest BCUT2D eigenvalue weighted by Gasteiger charge is -2.20. The molecule has 1 amide bonds. The smallest absolute Gasteiger partial charge is 0.240 e. The molecule has 8 heteroatoms. The fourth-order valence-corrected chi connectivity index (χ4v) is 3.15. The first kappa shape index (κ1) is 18.5. The van der Waals surface area contributed by atoms with E-state index in [0.29, 0.717) is 44.0 Å². The van der Waals surface area contributed by atoms with Gasteiger partial charge in [0.2, 0.25) is 5.91 Å². The summed E-state index contributed by atoms with van der Waals surface area (Å²) in [6, 6.07) is 8.76. The first-order valence-corrected chi connectivity index (χ1v) is 8.60. The van der Waals surface area contributed by atoms with E-state index in [0.717, 1.165) is 0 Å². The zero-order valence-electron chi connectivity index (χ0n) is 14.3. The van der Waals surface area contributed by atoms with Gasteiger partial charge in [-0.05, 0) is 24.3 Å². The average molecular weight is 394 g/mol. The van der Waals surface area contributed by atoms with E-state index in [4.69, 9.17) is 38.1 Å². The maximum Gasteiger partial charge on any atom is 0.240 e.